The van der Waals surface area contributed by atoms with E-state index in [2.05, 4.69) is 9.97 Å². The molecule has 0 unspecified atom stereocenters. The normalized spacial score (nSPS) is 13.9. The highest BCUT2D eigenvalue weighted by Crippen LogP contribution is 2.40. The van der Waals surface area contributed by atoms with Crippen LogP contribution in [-0.4, -0.2) is 48.0 Å². The number of imidazole rings is 1. The zero-order chi connectivity index (χ0) is 27.5. The second-order valence-corrected chi connectivity index (χ2v) is 8.26. The Labute approximate surface area is 206 Å². The van der Waals surface area contributed by atoms with Crippen LogP contribution in [0.4, 0.5) is 32.2 Å². The highest BCUT2D eigenvalue weighted by Gasteiger charge is 2.40. The van der Waals surface area contributed by atoms with Crippen molar-refractivity contribution in [3.05, 3.63) is 54.0 Å². The molecule has 3 aromatic rings. The van der Waals surface area contributed by atoms with Gasteiger partial charge in [-0.15, -0.1) is 0 Å². The molecule has 14 heteroatoms. The van der Waals surface area contributed by atoms with Crippen molar-refractivity contribution in [1.29, 1.82) is 0 Å². The fourth-order valence-electron chi connectivity index (χ4n) is 3.81. The van der Waals surface area contributed by atoms with Crippen molar-refractivity contribution in [1.82, 2.24) is 14.5 Å². The molecule has 0 bridgehead atoms. The summed E-state index contributed by atoms with van der Waals surface area (Å²) >= 11 is 0. The number of aliphatic carboxylic acids is 1. The number of aromatic nitrogens is 3. The van der Waals surface area contributed by atoms with Gasteiger partial charge in [-0.25, -0.2) is 9.97 Å². The first kappa shape index (κ1) is 27.9. The summed E-state index contributed by atoms with van der Waals surface area (Å²) in [6.45, 7) is -0.561. The van der Waals surface area contributed by atoms with Crippen molar-refractivity contribution in [2.45, 2.75) is 50.4 Å². The third kappa shape index (κ3) is 6.98. The lowest BCUT2D eigenvalue weighted by Gasteiger charge is -2.18. The Morgan fingerprint density at radius 3 is 2.30 bits per heavy atom. The molecule has 0 radical (unpaired) electrons. The van der Waals surface area contributed by atoms with Crippen LogP contribution >= 0.6 is 0 Å². The second-order valence-electron chi connectivity index (χ2n) is 8.26. The Morgan fingerprint density at radius 2 is 1.70 bits per heavy atom. The molecule has 5 N–H and O–H groups in total. The van der Waals surface area contributed by atoms with Gasteiger partial charge in [-0.05, 0) is 37.1 Å². The monoisotopic (exact) mass is 532 g/mol. The lowest BCUT2D eigenvalue weighted by molar-refractivity contribution is -0.147. The van der Waals surface area contributed by atoms with Crippen molar-refractivity contribution in [3.63, 3.8) is 0 Å². The van der Waals surface area contributed by atoms with Gasteiger partial charge < -0.3 is 25.6 Å². The number of carboxylic acid groups (broad SMARTS) is 1. The minimum atomic E-state index is -5.03. The van der Waals surface area contributed by atoms with Crippen molar-refractivity contribution in [3.8, 4) is 22.5 Å². The molecule has 2 aromatic heterocycles. The van der Waals surface area contributed by atoms with Gasteiger partial charge in [0.05, 0.1) is 35.6 Å². The minimum absolute atomic E-state index is 0.0570. The predicted octanol–water partition coefficient (Wildman–Crippen LogP) is 4.21. The van der Waals surface area contributed by atoms with E-state index in [4.69, 9.17) is 10.8 Å². The molecule has 37 heavy (non-hydrogen) atoms. The molecule has 0 amide bonds. The number of rotatable bonds is 9. The van der Waals surface area contributed by atoms with Crippen LogP contribution in [-0.2, 0) is 23.7 Å². The number of aliphatic hydroxyl groups excluding tert-OH is 2. The molecular weight excluding hydrogens is 510 g/mol. The molecule has 0 fully saturated rings. The molecule has 0 spiro atoms. The lowest BCUT2D eigenvalue weighted by Crippen LogP contribution is -2.23. The number of pyridine rings is 1. The van der Waals surface area contributed by atoms with E-state index < -0.39 is 61.3 Å². The predicted molar refractivity (Wildman–Crippen MR) is 119 cm³/mol. The number of nitrogens with two attached hydrogens (primary N) is 1. The Kier molecular flexibility index (Phi) is 8.12. The minimum Gasteiger partial charge on any atom is -0.481 e. The average Bonchev–Trinajstić information content (AvgIpc) is 3.17. The topological polar surface area (TPSA) is 134 Å². The van der Waals surface area contributed by atoms with Gasteiger partial charge in [-0.1, -0.05) is 12.1 Å². The first-order chi connectivity index (χ1) is 17.2. The molecule has 0 aliphatic carbocycles. The number of halogens is 6. The number of carbonyl (C=O) groups is 1. The summed E-state index contributed by atoms with van der Waals surface area (Å²) in [7, 11) is 0. The van der Waals surface area contributed by atoms with Gasteiger partial charge >= 0.3 is 18.3 Å². The summed E-state index contributed by atoms with van der Waals surface area (Å²) in [6, 6.07) is 6.23. The summed E-state index contributed by atoms with van der Waals surface area (Å²) in [5.74, 6) is -2.82. The highest BCUT2D eigenvalue weighted by molar-refractivity contribution is 5.80. The summed E-state index contributed by atoms with van der Waals surface area (Å²) in [4.78, 5) is 18.2. The molecule has 3 rings (SSSR count). The molecule has 0 saturated heterocycles. The fourth-order valence-corrected chi connectivity index (χ4v) is 3.81. The quantitative estimate of drug-likeness (QED) is 0.303. The summed E-state index contributed by atoms with van der Waals surface area (Å²) in [5, 5.41) is 28.7. The fraction of sp³-hybridized carbons (Fsp3) is 0.348. The van der Waals surface area contributed by atoms with Crippen molar-refractivity contribution >= 4 is 11.8 Å². The van der Waals surface area contributed by atoms with Crippen LogP contribution in [0.5, 0.6) is 0 Å². The third-order valence-electron chi connectivity index (χ3n) is 5.38. The smallest absolute Gasteiger partial charge is 0.449 e. The van der Waals surface area contributed by atoms with Gasteiger partial charge in [0.1, 0.15) is 5.82 Å². The lowest BCUT2D eigenvalue weighted by atomic mass is 10.0. The number of hydrogen-bond acceptors (Lipinski definition) is 6. The molecule has 2 atom stereocenters. The zero-order valence-corrected chi connectivity index (χ0v) is 19.0. The van der Waals surface area contributed by atoms with Crippen molar-refractivity contribution in [2.24, 2.45) is 0 Å². The number of nitrogens with zero attached hydrogens (tertiary/aromatic N) is 3. The number of alkyl halides is 6. The summed E-state index contributed by atoms with van der Waals surface area (Å²) in [5.41, 5.74) is 3.81. The third-order valence-corrected chi connectivity index (χ3v) is 5.38. The van der Waals surface area contributed by atoms with E-state index >= 15 is 0 Å². The van der Waals surface area contributed by atoms with Crippen LogP contribution in [0, 0.1) is 0 Å². The molecule has 8 nitrogen and oxygen atoms in total. The van der Waals surface area contributed by atoms with Crippen LogP contribution < -0.4 is 5.73 Å². The Bertz CT molecular complexity index is 1260. The molecule has 200 valence electrons. The number of benzene rings is 1. The number of nitrogen functional groups attached to an aromatic ring is 1. The van der Waals surface area contributed by atoms with E-state index in [1.165, 1.54) is 24.4 Å². The molecule has 0 aliphatic heterocycles. The summed E-state index contributed by atoms with van der Waals surface area (Å²) < 4.78 is 82.9. The van der Waals surface area contributed by atoms with Crippen LogP contribution in [0.25, 0.3) is 22.5 Å². The van der Waals surface area contributed by atoms with E-state index in [1.807, 2.05) is 0 Å². The van der Waals surface area contributed by atoms with Gasteiger partial charge in [0.2, 0.25) is 5.82 Å². The number of hydrogen-bond donors (Lipinski definition) is 4. The number of anilines is 1. The maximum atomic E-state index is 14.0. The van der Waals surface area contributed by atoms with Crippen LogP contribution in [0.1, 0.15) is 30.7 Å². The average molecular weight is 532 g/mol. The van der Waals surface area contributed by atoms with Crippen molar-refractivity contribution < 1.29 is 46.5 Å². The van der Waals surface area contributed by atoms with Gasteiger partial charge in [0.25, 0.3) is 0 Å². The van der Waals surface area contributed by atoms with Crippen LogP contribution in [0.3, 0.4) is 0 Å². The zero-order valence-electron chi connectivity index (χ0n) is 19.0. The van der Waals surface area contributed by atoms with Gasteiger partial charge in [0, 0.05) is 23.9 Å². The van der Waals surface area contributed by atoms with Crippen LogP contribution in [0.15, 0.2) is 42.6 Å². The Morgan fingerprint density at radius 1 is 1.00 bits per heavy atom. The van der Waals surface area contributed by atoms with Gasteiger partial charge in [-0.3, -0.25) is 4.79 Å². The first-order valence-electron chi connectivity index (χ1n) is 10.8. The maximum absolute atomic E-state index is 14.0. The second kappa shape index (κ2) is 10.8. The van der Waals surface area contributed by atoms with Crippen molar-refractivity contribution in [2.75, 3.05) is 5.73 Å². The van der Waals surface area contributed by atoms with E-state index in [1.54, 1.807) is 0 Å². The maximum Gasteiger partial charge on any atom is 0.449 e. The SMILES string of the molecule is Nc1cc(-c2nc(C(F)(F)F)n(CC[C@@H](O)C[C@@H](O)CC(=O)O)c2-c2cccc(C(F)(F)F)c2)ccn1. The summed E-state index contributed by atoms with van der Waals surface area (Å²) in [6.07, 6.45) is -13.0. The molecule has 0 saturated carbocycles. The Hall–Kier alpha value is -3.65. The Balaban J connectivity index is 2.15. The number of carboxylic acids is 1. The highest BCUT2D eigenvalue weighted by atomic mass is 19.4. The van der Waals surface area contributed by atoms with Gasteiger partial charge in [-0.2, -0.15) is 26.3 Å². The van der Waals surface area contributed by atoms with E-state index in [0.717, 1.165) is 12.1 Å². The molecule has 2 heterocycles. The molecule has 1 aromatic carbocycles. The first-order valence-corrected chi connectivity index (χ1v) is 10.8. The van der Waals surface area contributed by atoms with E-state index in [-0.39, 0.29) is 34.8 Å². The van der Waals surface area contributed by atoms with E-state index in [9.17, 15) is 41.4 Å². The standard InChI is InChI=1S/C23H22F6N4O4/c24-22(25,26)14-3-1-2-13(8-14)20-19(12-4-6-31-17(30)9-12)32-21(23(27,28)29)33(20)7-5-15(34)10-16(35)11-18(36)37/h1-4,6,8-9,15-16,34-35H,5,7,10-11H2,(H2,30,31)(H,36,37)/t15-,16-/m1/s1. The van der Waals surface area contributed by atoms with Crippen LogP contribution in [0.2, 0.25) is 0 Å². The number of aliphatic hydroxyl groups is 2. The van der Waals surface area contributed by atoms with E-state index in [0.29, 0.717) is 10.6 Å². The molecule has 0 aliphatic rings. The molecular formula is C23H22F6N4O4. The largest absolute Gasteiger partial charge is 0.481 e. The van der Waals surface area contributed by atoms with Gasteiger partial charge in [0.15, 0.2) is 0 Å².